The molecule has 1 aliphatic rings. The molecule has 2 aromatic rings. The number of hydrogen-bond acceptors (Lipinski definition) is 2. The zero-order valence-corrected chi connectivity index (χ0v) is 13.9. The van der Waals surface area contributed by atoms with Crippen molar-refractivity contribution >= 4 is 0 Å². The van der Waals surface area contributed by atoms with Crippen LogP contribution in [0.5, 0.6) is 11.5 Å². The molecule has 1 aliphatic heterocycles. The first kappa shape index (κ1) is 19.0. The molecule has 0 radical (unpaired) electrons. The lowest BCUT2D eigenvalue weighted by atomic mass is 10.2. The standard InChI is InChI=1S/C8H8O2.C7H8.2C2H6/c1-2-4-8-7(3-1)9-5-6-10-8;1-7-5-3-2-4-6-7;2*1-2/h1-4H,5-6H2;2-6H,1H3;2*1-2H3. The van der Waals surface area contributed by atoms with E-state index >= 15 is 0 Å². The van der Waals surface area contributed by atoms with Gasteiger partial charge in [0.15, 0.2) is 11.5 Å². The smallest absolute Gasteiger partial charge is 0.161 e. The highest BCUT2D eigenvalue weighted by Gasteiger charge is 2.07. The summed E-state index contributed by atoms with van der Waals surface area (Å²) >= 11 is 0. The molecule has 0 unspecified atom stereocenters. The number of para-hydroxylation sites is 2. The number of rotatable bonds is 0. The predicted molar refractivity (Wildman–Crippen MR) is 91.3 cm³/mol. The van der Waals surface area contributed by atoms with Gasteiger partial charge in [0.05, 0.1) is 0 Å². The summed E-state index contributed by atoms with van der Waals surface area (Å²) in [6, 6.07) is 18.0. The SMILES string of the molecule is CC.CC.Cc1ccccc1.c1ccc2c(c1)OCCO2. The Morgan fingerprint density at radius 3 is 1.33 bits per heavy atom. The molecule has 2 nitrogen and oxygen atoms in total. The van der Waals surface area contributed by atoms with Crippen molar-refractivity contribution in [1.29, 1.82) is 0 Å². The second-order valence-electron chi connectivity index (χ2n) is 3.80. The van der Waals surface area contributed by atoms with Gasteiger partial charge in [-0.25, -0.2) is 0 Å². The summed E-state index contributed by atoms with van der Waals surface area (Å²) < 4.78 is 10.6. The largest absolute Gasteiger partial charge is 0.486 e. The number of aryl methyl sites for hydroxylation is 1. The Bertz CT molecular complexity index is 427. The normalized spacial score (nSPS) is 10.5. The molecule has 0 bridgehead atoms. The zero-order valence-electron chi connectivity index (χ0n) is 13.9. The van der Waals surface area contributed by atoms with Crippen LogP contribution in [0.3, 0.4) is 0 Å². The van der Waals surface area contributed by atoms with Gasteiger partial charge in [0.2, 0.25) is 0 Å². The maximum absolute atomic E-state index is 5.30. The molecule has 0 amide bonds. The van der Waals surface area contributed by atoms with Gasteiger partial charge in [0.25, 0.3) is 0 Å². The van der Waals surface area contributed by atoms with Crippen molar-refractivity contribution in [2.45, 2.75) is 34.6 Å². The molecule has 0 fully saturated rings. The highest BCUT2D eigenvalue weighted by atomic mass is 16.6. The molecule has 0 atom stereocenters. The maximum Gasteiger partial charge on any atom is 0.161 e. The van der Waals surface area contributed by atoms with Crippen molar-refractivity contribution in [1.82, 2.24) is 0 Å². The van der Waals surface area contributed by atoms with Crippen LogP contribution in [0.25, 0.3) is 0 Å². The fourth-order valence-electron chi connectivity index (χ4n) is 1.53. The Morgan fingerprint density at radius 1 is 0.619 bits per heavy atom. The van der Waals surface area contributed by atoms with Crippen molar-refractivity contribution < 1.29 is 9.47 Å². The van der Waals surface area contributed by atoms with Gasteiger partial charge in [-0.3, -0.25) is 0 Å². The monoisotopic (exact) mass is 288 g/mol. The maximum atomic E-state index is 5.30. The van der Waals surface area contributed by atoms with Crippen LogP contribution in [0, 0.1) is 6.92 Å². The van der Waals surface area contributed by atoms with Crippen molar-refractivity contribution in [3.63, 3.8) is 0 Å². The van der Waals surface area contributed by atoms with Crippen LogP contribution in [0.2, 0.25) is 0 Å². The van der Waals surface area contributed by atoms with Crippen LogP contribution < -0.4 is 9.47 Å². The van der Waals surface area contributed by atoms with Gasteiger partial charge in [0, 0.05) is 0 Å². The van der Waals surface area contributed by atoms with Gasteiger partial charge in [-0.05, 0) is 19.1 Å². The molecule has 2 aromatic carbocycles. The summed E-state index contributed by atoms with van der Waals surface area (Å²) in [5.41, 5.74) is 1.32. The van der Waals surface area contributed by atoms with E-state index in [9.17, 15) is 0 Å². The molecule has 116 valence electrons. The van der Waals surface area contributed by atoms with E-state index in [0.717, 1.165) is 11.5 Å². The Kier molecular flexibility index (Phi) is 11.8. The third-order valence-corrected chi connectivity index (χ3v) is 2.39. The Balaban J connectivity index is 0.000000321. The van der Waals surface area contributed by atoms with E-state index in [-0.39, 0.29) is 0 Å². The first-order valence-corrected chi connectivity index (χ1v) is 7.72. The summed E-state index contributed by atoms with van der Waals surface area (Å²) in [7, 11) is 0. The van der Waals surface area contributed by atoms with Gasteiger partial charge in [-0.1, -0.05) is 75.7 Å². The molecular formula is C19H28O2. The van der Waals surface area contributed by atoms with E-state index in [0.29, 0.717) is 13.2 Å². The van der Waals surface area contributed by atoms with Gasteiger partial charge in [-0.2, -0.15) is 0 Å². The minimum Gasteiger partial charge on any atom is -0.486 e. The lowest BCUT2D eigenvalue weighted by molar-refractivity contribution is 0.171. The summed E-state index contributed by atoms with van der Waals surface area (Å²) in [4.78, 5) is 0. The third kappa shape index (κ3) is 8.03. The lowest BCUT2D eigenvalue weighted by Gasteiger charge is -2.17. The molecule has 0 aromatic heterocycles. The fraction of sp³-hybridized carbons (Fsp3) is 0.368. The summed E-state index contributed by atoms with van der Waals surface area (Å²) in [5.74, 6) is 1.71. The molecule has 0 saturated heterocycles. The van der Waals surface area contributed by atoms with E-state index in [4.69, 9.17) is 9.47 Å². The van der Waals surface area contributed by atoms with Crippen LogP contribution in [-0.2, 0) is 0 Å². The van der Waals surface area contributed by atoms with Crippen LogP contribution >= 0.6 is 0 Å². The first-order valence-electron chi connectivity index (χ1n) is 7.72. The second kappa shape index (κ2) is 13.0. The zero-order chi connectivity index (χ0) is 15.9. The minimum atomic E-state index is 0.664. The Hall–Kier alpha value is -1.96. The van der Waals surface area contributed by atoms with Gasteiger partial charge in [0.1, 0.15) is 13.2 Å². The average Bonchev–Trinajstić information content (AvgIpc) is 2.60. The van der Waals surface area contributed by atoms with Crippen molar-refractivity contribution in [3.8, 4) is 11.5 Å². The number of benzene rings is 2. The topological polar surface area (TPSA) is 18.5 Å². The average molecular weight is 288 g/mol. The van der Waals surface area contributed by atoms with Crippen LogP contribution in [-0.4, -0.2) is 13.2 Å². The fourth-order valence-corrected chi connectivity index (χ4v) is 1.53. The third-order valence-electron chi connectivity index (χ3n) is 2.39. The quantitative estimate of drug-likeness (QED) is 0.636. The predicted octanol–water partition coefficient (Wildman–Crippen LogP) is 5.51. The van der Waals surface area contributed by atoms with Gasteiger partial charge >= 0.3 is 0 Å². The summed E-state index contributed by atoms with van der Waals surface area (Å²) in [5, 5.41) is 0. The molecule has 0 aliphatic carbocycles. The van der Waals surface area contributed by atoms with E-state index < -0.39 is 0 Å². The molecule has 0 saturated carbocycles. The highest BCUT2D eigenvalue weighted by molar-refractivity contribution is 5.40. The Labute approximate surface area is 129 Å². The highest BCUT2D eigenvalue weighted by Crippen LogP contribution is 2.28. The van der Waals surface area contributed by atoms with E-state index in [1.54, 1.807) is 0 Å². The molecule has 0 N–H and O–H groups in total. The van der Waals surface area contributed by atoms with E-state index in [1.807, 2.05) is 70.2 Å². The second-order valence-corrected chi connectivity index (χ2v) is 3.80. The number of hydrogen-bond donors (Lipinski definition) is 0. The Morgan fingerprint density at radius 2 is 1.00 bits per heavy atom. The molecule has 3 rings (SSSR count). The molecular weight excluding hydrogens is 260 g/mol. The lowest BCUT2D eigenvalue weighted by Crippen LogP contribution is -2.14. The first-order chi connectivity index (χ1) is 10.4. The minimum absolute atomic E-state index is 0.664. The number of ether oxygens (including phenoxy) is 2. The molecule has 1 heterocycles. The van der Waals surface area contributed by atoms with Crippen LogP contribution in [0.1, 0.15) is 33.3 Å². The molecule has 0 spiro atoms. The number of fused-ring (bicyclic) bond motifs is 1. The van der Waals surface area contributed by atoms with E-state index in [1.165, 1.54) is 5.56 Å². The molecule has 2 heteroatoms. The van der Waals surface area contributed by atoms with Crippen molar-refractivity contribution in [2.24, 2.45) is 0 Å². The summed E-state index contributed by atoms with van der Waals surface area (Å²) in [6.07, 6.45) is 0. The van der Waals surface area contributed by atoms with Crippen LogP contribution in [0.15, 0.2) is 54.6 Å². The molecule has 21 heavy (non-hydrogen) atoms. The van der Waals surface area contributed by atoms with Gasteiger partial charge < -0.3 is 9.47 Å². The van der Waals surface area contributed by atoms with Gasteiger partial charge in [-0.15, -0.1) is 0 Å². The summed E-state index contributed by atoms with van der Waals surface area (Å²) in [6.45, 7) is 11.4. The van der Waals surface area contributed by atoms with E-state index in [2.05, 4.69) is 19.1 Å². The van der Waals surface area contributed by atoms with Crippen molar-refractivity contribution in [2.75, 3.05) is 13.2 Å². The van der Waals surface area contributed by atoms with Crippen molar-refractivity contribution in [3.05, 3.63) is 60.2 Å². The van der Waals surface area contributed by atoms with Crippen LogP contribution in [0.4, 0.5) is 0 Å².